The molecular weight excluding hydrogens is 540 g/mol. The van der Waals surface area contributed by atoms with Gasteiger partial charge in [0.05, 0.1) is 21.8 Å². The minimum atomic E-state index is -4.08. The molecule has 9 nitrogen and oxygen atoms in total. The highest BCUT2D eigenvalue weighted by Gasteiger charge is 2.28. The molecule has 3 aromatic carbocycles. The van der Waals surface area contributed by atoms with E-state index in [2.05, 4.69) is 10.5 Å². The highest BCUT2D eigenvalue weighted by Crippen LogP contribution is 2.30. The normalized spacial score (nSPS) is 13.7. The third-order valence-electron chi connectivity index (χ3n) is 6.09. The maximum atomic E-state index is 13.3. The number of nitrogens with one attached hydrogen (secondary N) is 1. The Balaban J connectivity index is 1.36. The van der Waals surface area contributed by atoms with Crippen molar-refractivity contribution in [3.63, 3.8) is 0 Å². The number of amides is 2. The molecule has 1 fully saturated rings. The summed E-state index contributed by atoms with van der Waals surface area (Å²) in [7, 11) is -4.08. The van der Waals surface area contributed by atoms with E-state index in [0.717, 1.165) is 36.7 Å². The number of likely N-dealkylation sites (tertiary alicyclic amines) is 1. The fraction of sp³-hybridized carbons (Fsp3) is 0.250. The highest BCUT2D eigenvalue weighted by molar-refractivity contribution is 7.92. The van der Waals surface area contributed by atoms with Gasteiger partial charge in [-0.05, 0) is 73.4 Å². The van der Waals surface area contributed by atoms with Crippen molar-refractivity contribution >= 4 is 45.3 Å². The first-order valence-electron chi connectivity index (χ1n) is 12.5. The van der Waals surface area contributed by atoms with Crippen LogP contribution in [0.25, 0.3) is 0 Å². The van der Waals surface area contributed by atoms with E-state index in [-0.39, 0.29) is 28.1 Å². The number of nitrogens with zero attached hydrogens (tertiary/aromatic N) is 3. The van der Waals surface area contributed by atoms with Gasteiger partial charge in [-0.1, -0.05) is 41.9 Å². The Kier molecular flexibility index (Phi) is 9.56. The van der Waals surface area contributed by atoms with Gasteiger partial charge in [0.15, 0.2) is 6.61 Å². The summed E-state index contributed by atoms with van der Waals surface area (Å²) in [6.07, 6.45) is 4.63. The minimum absolute atomic E-state index is 0.0166. The van der Waals surface area contributed by atoms with E-state index in [1.807, 2.05) is 4.90 Å². The maximum absolute atomic E-state index is 13.3. The van der Waals surface area contributed by atoms with E-state index in [1.54, 1.807) is 60.7 Å². The number of ether oxygens (including phenoxy) is 1. The molecule has 0 aliphatic carbocycles. The van der Waals surface area contributed by atoms with Gasteiger partial charge in [0.25, 0.3) is 21.8 Å². The molecule has 0 aromatic heterocycles. The third kappa shape index (κ3) is 7.58. The molecule has 3 aromatic rings. The molecule has 0 unspecified atom stereocenters. The average Bonchev–Trinajstić information content (AvgIpc) is 2.96. The van der Waals surface area contributed by atoms with Gasteiger partial charge in [-0.15, -0.1) is 0 Å². The van der Waals surface area contributed by atoms with E-state index in [9.17, 15) is 18.0 Å². The number of halogens is 1. The highest BCUT2D eigenvalue weighted by atomic mass is 35.5. The van der Waals surface area contributed by atoms with Crippen LogP contribution in [0.3, 0.4) is 0 Å². The number of carbonyl (C=O) groups is 2. The van der Waals surface area contributed by atoms with Crippen LogP contribution in [0.2, 0.25) is 5.02 Å². The van der Waals surface area contributed by atoms with Crippen LogP contribution in [-0.4, -0.2) is 57.6 Å². The Morgan fingerprint density at radius 2 is 1.62 bits per heavy atom. The molecule has 1 aliphatic rings. The standard InChI is InChI=1S/C28H29ClN4O5S/c29-25-11-5-6-12-26(25)33(39(36,37)24-9-3-1-4-10-24)20-27(34)31-30-19-22-13-15-23(16-14-22)38-21-28(35)32-17-7-2-8-18-32/h1,3-6,9-16,19H,2,7-8,17-18,20-21H2,(H,31,34)/b30-19-. The summed E-state index contributed by atoms with van der Waals surface area (Å²) in [5, 5.41) is 4.14. The first-order valence-corrected chi connectivity index (χ1v) is 14.3. The maximum Gasteiger partial charge on any atom is 0.264 e. The Hall–Kier alpha value is -3.89. The topological polar surface area (TPSA) is 108 Å². The molecule has 0 radical (unpaired) electrons. The second-order valence-corrected chi connectivity index (χ2v) is 11.1. The van der Waals surface area contributed by atoms with Crippen molar-refractivity contribution in [2.24, 2.45) is 5.10 Å². The summed E-state index contributed by atoms with van der Waals surface area (Å²) in [4.78, 5) is 26.8. The van der Waals surface area contributed by atoms with Crippen molar-refractivity contribution in [1.82, 2.24) is 10.3 Å². The number of hydrogen-bond acceptors (Lipinski definition) is 6. The van der Waals surface area contributed by atoms with E-state index in [4.69, 9.17) is 16.3 Å². The van der Waals surface area contributed by atoms with Gasteiger partial charge in [0.1, 0.15) is 12.3 Å². The molecule has 1 N–H and O–H groups in total. The van der Waals surface area contributed by atoms with Gasteiger partial charge in [0.2, 0.25) is 0 Å². The number of anilines is 1. The van der Waals surface area contributed by atoms with E-state index >= 15 is 0 Å². The van der Waals surface area contributed by atoms with Gasteiger partial charge in [-0.25, -0.2) is 13.8 Å². The zero-order valence-corrected chi connectivity index (χ0v) is 22.8. The van der Waals surface area contributed by atoms with Crippen LogP contribution in [0, 0.1) is 0 Å². The lowest BCUT2D eigenvalue weighted by Gasteiger charge is -2.26. The molecule has 39 heavy (non-hydrogen) atoms. The second kappa shape index (κ2) is 13.3. The number of piperidine rings is 1. The first kappa shape index (κ1) is 28.1. The van der Waals surface area contributed by atoms with Crippen LogP contribution >= 0.6 is 11.6 Å². The zero-order chi connectivity index (χ0) is 27.7. The summed E-state index contributed by atoms with van der Waals surface area (Å²) in [6.45, 7) is 1.00. The van der Waals surface area contributed by atoms with Crippen LogP contribution in [-0.2, 0) is 19.6 Å². The zero-order valence-electron chi connectivity index (χ0n) is 21.2. The van der Waals surface area contributed by atoms with Crippen LogP contribution in [0.1, 0.15) is 24.8 Å². The lowest BCUT2D eigenvalue weighted by molar-refractivity contribution is -0.134. The summed E-state index contributed by atoms with van der Waals surface area (Å²) >= 11 is 6.27. The summed E-state index contributed by atoms with van der Waals surface area (Å²) in [5.74, 6) is -0.131. The fourth-order valence-electron chi connectivity index (χ4n) is 4.05. The van der Waals surface area contributed by atoms with E-state index < -0.39 is 22.5 Å². The molecule has 1 heterocycles. The van der Waals surface area contributed by atoms with Gasteiger partial charge < -0.3 is 9.64 Å². The predicted molar refractivity (Wildman–Crippen MR) is 151 cm³/mol. The van der Waals surface area contributed by atoms with Crippen LogP contribution in [0.15, 0.2) is 88.9 Å². The Morgan fingerprint density at radius 3 is 2.31 bits per heavy atom. The summed E-state index contributed by atoms with van der Waals surface area (Å²) in [5.41, 5.74) is 3.21. The summed E-state index contributed by atoms with van der Waals surface area (Å²) in [6, 6.07) is 21.1. The Bertz CT molecular complexity index is 1410. The molecular formula is C28H29ClN4O5S. The third-order valence-corrected chi connectivity index (χ3v) is 8.19. The van der Waals surface area contributed by atoms with E-state index in [0.29, 0.717) is 11.3 Å². The number of hydrogen-bond donors (Lipinski definition) is 1. The van der Waals surface area contributed by atoms with Crippen molar-refractivity contribution in [2.45, 2.75) is 24.2 Å². The molecule has 0 saturated carbocycles. The van der Waals surface area contributed by atoms with Crippen molar-refractivity contribution in [2.75, 3.05) is 30.5 Å². The van der Waals surface area contributed by atoms with Crippen LogP contribution in [0.4, 0.5) is 5.69 Å². The lowest BCUT2D eigenvalue weighted by Crippen LogP contribution is -2.39. The lowest BCUT2D eigenvalue weighted by atomic mass is 10.1. The fourth-order valence-corrected chi connectivity index (χ4v) is 5.80. The van der Waals surface area contributed by atoms with Crippen LogP contribution < -0.4 is 14.5 Å². The van der Waals surface area contributed by atoms with Crippen LogP contribution in [0.5, 0.6) is 5.75 Å². The monoisotopic (exact) mass is 568 g/mol. The molecule has 4 rings (SSSR count). The van der Waals surface area contributed by atoms with Crippen molar-refractivity contribution < 1.29 is 22.7 Å². The van der Waals surface area contributed by atoms with Crippen molar-refractivity contribution in [1.29, 1.82) is 0 Å². The summed E-state index contributed by atoms with van der Waals surface area (Å²) < 4.78 is 33.2. The number of sulfonamides is 1. The van der Waals surface area contributed by atoms with Gasteiger partial charge in [-0.3, -0.25) is 13.9 Å². The van der Waals surface area contributed by atoms with Gasteiger partial charge in [0, 0.05) is 13.1 Å². The molecule has 1 saturated heterocycles. The molecule has 0 atom stereocenters. The number of para-hydroxylation sites is 1. The molecule has 0 bridgehead atoms. The minimum Gasteiger partial charge on any atom is -0.484 e. The number of hydrazone groups is 1. The Morgan fingerprint density at radius 1 is 0.949 bits per heavy atom. The SMILES string of the molecule is O=C(CN(c1ccccc1Cl)S(=O)(=O)c1ccccc1)N/N=C\c1ccc(OCC(=O)N2CCCCC2)cc1. The smallest absolute Gasteiger partial charge is 0.264 e. The number of rotatable bonds is 10. The van der Waals surface area contributed by atoms with Gasteiger partial charge in [-0.2, -0.15) is 5.10 Å². The molecule has 11 heteroatoms. The molecule has 204 valence electrons. The second-order valence-electron chi connectivity index (χ2n) is 8.87. The molecule has 0 spiro atoms. The molecule has 2 amide bonds. The van der Waals surface area contributed by atoms with E-state index in [1.165, 1.54) is 24.4 Å². The largest absolute Gasteiger partial charge is 0.484 e. The Labute approximate surface area is 233 Å². The first-order chi connectivity index (χ1) is 18.8. The predicted octanol–water partition coefficient (Wildman–Crippen LogP) is 4.08. The number of benzene rings is 3. The average molecular weight is 569 g/mol. The number of carbonyl (C=O) groups excluding carboxylic acids is 2. The van der Waals surface area contributed by atoms with Crippen molar-refractivity contribution in [3.05, 3.63) is 89.4 Å². The quantitative estimate of drug-likeness (QED) is 0.293. The molecule has 1 aliphatic heterocycles. The van der Waals surface area contributed by atoms with Crippen molar-refractivity contribution in [3.8, 4) is 5.75 Å². The van der Waals surface area contributed by atoms with Gasteiger partial charge >= 0.3 is 0 Å².